The van der Waals surface area contributed by atoms with Crippen LogP contribution in [0, 0.1) is 17.0 Å². The molecular weight excluding hydrogens is 328 g/mol. The van der Waals surface area contributed by atoms with Gasteiger partial charge >= 0.3 is 0 Å². The van der Waals surface area contributed by atoms with Crippen LogP contribution >= 0.6 is 0 Å². The van der Waals surface area contributed by atoms with Crippen LogP contribution in [0.3, 0.4) is 0 Å². The molecule has 1 amide bonds. The molecule has 0 bridgehead atoms. The highest BCUT2D eigenvalue weighted by Crippen LogP contribution is 2.32. The van der Waals surface area contributed by atoms with Crippen molar-refractivity contribution in [2.24, 2.45) is 5.41 Å². The maximum absolute atomic E-state index is 13.9. The van der Waals surface area contributed by atoms with Crippen LogP contribution in [0.4, 0.5) is 14.5 Å². The molecule has 2 heterocycles. The molecule has 1 aromatic carbocycles. The molecule has 0 spiro atoms. The number of nitrogens with zero attached hydrogens (tertiary/aromatic N) is 2. The first-order chi connectivity index (χ1) is 12.1. The maximum atomic E-state index is 13.9. The van der Waals surface area contributed by atoms with E-state index in [9.17, 15) is 13.6 Å². The standard InChI is InChI=1S/C18H25F2N3O2/c1-25-13-18(4-6-21-7-5-18)17(24)23-10-8-22(9-11-23)16-12-14(19)2-3-15(16)20/h2-3,12,21H,4-11,13H2,1H3. The molecule has 2 aliphatic rings. The van der Waals surface area contributed by atoms with Gasteiger partial charge in [0.25, 0.3) is 0 Å². The van der Waals surface area contributed by atoms with E-state index in [1.54, 1.807) is 12.0 Å². The molecule has 0 saturated carbocycles. The summed E-state index contributed by atoms with van der Waals surface area (Å²) in [7, 11) is 1.63. The number of carbonyl (C=O) groups excluding carboxylic acids is 1. The third kappa shape index (κ3) is 3.77. The van der Waals surface area contributed by atoms with Crippen LogP contribution in [0.15, 0.2) is 18.2 Å². The van der Waals surface area contributed by atoms with Gasteiger partial charge in [0, 0.05) is 39.4 Å². The van der Waals surface area contributed by atoms with E-state index in [0.29, 0.717) is 32.8 Å². The van der Waals surface area contributed by atoms with Gasteiger partial charge in [-0.1, -0.05) is 0 Å². The summed E-state index contributed by atoms with van der Waals surface area (Å²) in [5.41, 5.74) is -0.202. The monoisotopic (exact) mass is 353 g/mol. The van der Waals surface area contributed by atoms with Crippen molar-refractivity contribution < 1.29 is 18.3 Å². The van der Waals surface area contributed by atoms with Crippen molar-refractivity contribution in [1.29, 1.82) is 0 Å². The summed E-state index contributed by atoms with van der Waals surface area (Å²) in [5.74, 6) is -0.769. The van der Waals surface area contributed by atoms with E-state index in [1.165, 1.54) is 6.07 Å². The Labute approximate surface area is 146 Å². The lowest BCUT2D eigenvalue weighted by molar-refractivity contribution is -0.147. The molecule has 0 aliphatic carbocycles. The summed E-state index contributed by atoms with van der Waals surface area (Å²) in [6.45, 7) is 4.04. The zero-order valence-electron chi connectivity index (χ0n) is 14.6. The molecule has 25 heavy (non-hydrogen) atoms. The maximum Gasteiger partial charge on any atom is 0.231 e. The number of methoxy groups -OCH3 is 1. The van der Waals surface area contributed by atoms with Gasteiger partial charge in [-0.2, -0.15) is 0 Å². The van der Waals surface area contributed by atoms with Gasteiger partial charge in [0.15, 0.2) is 0 Å². The second-order valence-electron chi connectivity index (χ2n) is 6.84. The predicted molar refractivity (Wildman–Crippen MR) is 91.6 cm³/mol. The fourth-order valence-corrected chi connectivity index (χ4v) is 3.82. The van der Waals surface area contributed by atoms with E-state index in [4.69, 9.17) is 4.74 Å². The van der Waals surface area contributed by atoms with Crippen molar-refractivity contribution >= 4 is 11.6 Å². The van der Waals surface area contributed by atoms with Gasteiger partial charge in [-0.15, -0.1) is 0 Å². The summed E-state index contributed by atoms with van der Waals surface area (Å²) >= 11 is 0. The lowest BCUT2D eigenvalue weighted by Gasteiger charge is -2.43. The van der Waals surface area contributed by atoms with Gasteiger partial charge in [0.2, 0.25) is 5.91 Å². The highest BCUT2D eigenvalue weighted by atomic mass is 19.1. The van der Waals surface area contributed by atoms with Gasteiger partial charge in [-0.3, -0.25) is 4.79 Å². The average molecular weight is 353 g/mol. The number of amides is 1. The van der Waals surface area contributed by atoms with Gasteiger partial charge in [-0.05, 0) is 38.1 Å². The SMILES string of the molecule is COCC1(C(=O)N2CCN(c3cc(F)ccc3F)CC2)CCNCC1. The number of rotatable bonds is 4. The van der Waals surface area contributed by atoms with Crippen molar-refractivity contribution in [2.45, 2.75) is 12.8 Å². The molecule has 5 nitrogen and oxygen atoms in total. The Morgan fingerprint density at radius 2 is 1.88 bits per heavy atom. The average Bonchev–Trinajstić information content (AvgIpc) is 2.64. The molecule has 7 heteroatoms. The number of nitrogens with one attached hydrogen (secondary N) is 1. The summed E-state index contributed by atoms with van der Waals surface area (Å²) < 4.78 is 32.7. The molecule has 0 atom stereocenters. The lowest BCUT2D eigenvalue weighted by atomic mass is 9.78. The van der Waals surface area contributed by atoms with E-state index >= 15 is 0 Å². The van der Waals surface area contributed by atoms with Crippen LogP contribution in [-0.4, -0.2) is 63.8 Å². The van der Waals surface area contributed by atoms with Crippen LogP contribution in [0.25, 0.3) is 0 Å². The number of hydrogen-bond acceptors (Lipinski definition) is 4. The van der Waals surface area contributed by atoms with Gasteiger partial charge in [-0.25, -0.2) is 8.78 Å². The highest BCUT2D eigenvalue weighted by Gasteiger charge is 2.42. The minimum atomic E-state index is -0.466. The first kappa shape index (κ1) is 18.1. The van der Waals surface area contributed by atoms with Crippen LogP contribution in [-0.2, 0) is 9.53 Å². The third-order valence-electron chi connectivity index (χ3n) is 5.25. The van der Waals surface area contributed by atoms with Crippen molar-refractivity contribution in [3.8, 4) is 0 Å². The number of halogens is 2. The quantitative estimate of drug-likeness (QED) is 0.894. The second-order valence-corrected chi connectivity index (χ2v) is 6.84. The fraction of sp³-hybridized carbons (Fsp3) is 0.611. The number of piperazine rings is 1. The molecule has 0 aromatic heterocycles. The summed E-state index contributed by atoms with van der Waals surface area (Å²) in [4.78, 5) is 16.7. The number of anilines is 1. The first-order valence-corrected chi connectivity index (χ1v) is 8.75. The minimum absolute atomic E-state index is 0.121. The van der Waals surface area contributed by atoms with Crippen LogP contribution in [0.1, 0.15) is 12.8 Å². The molecule has 3 rings (SSSR count). The molecular formula is C18H25F2N3O2. The molecule has 0 unspecified atom stereocenters. The fourth-order valence-electron chi connectivity index (χ4n) is 3.82. The van der Waals surface area contributed by atoms with Gasteiger partial charge in [0.05, 0.1) is 17.7 Å². The molecule has 1 N–H and O–H groups in total. The summed E-state index contributed by atoms with van der Waals surface area (Å²) in [5, 5.41) is 3.28. The van der Waals surface area contributed by atoms with Crippen molar-refractivity contribution in [3.05, 3.63) is 29.8 Å². The minimum Gasteiger partial charge on any atom is -0.384 e. The van der Waals surface area contributed by atoms with E-state index in [1.807, 2.05) is 4.90 Å². The second kappa shape index (κ2) is 7.66. The van der Waals surface area contributed by atoms with Crippen molar-refractivity contribution in [2.75, 3.05) is 57.9 Å². The zero-order valence-corrected chi connectivity index (χ0v) is 14.6. The molecule has 2 aliphatic heterocycles. The van der Waals surface area contributed by atoms with Gasteiger partial charge < -0.3 is 19.9 Å². The normalized spacial score (nSPS) is 20.6. The Morgan fingerprint density at radius 1 is 1.20 bits per heavy atom. The smallest absolute Gasteiger partial charge is 0.231 e. The number of carbonyl (C=O) groups is 1. The Kier molecular flexibility index (Phi) is 5.54. The lowest BCUT2D eigenvalue weighted by Crippen LogP contribution is -2.56. The molecule has 2 saturated heterocycles. The van der Waals surface area contributed by atoms with Crippen LogP contribution in [0.2, 0.25) is 0 Å². The molecule has 0 radical (unpaired) electrons. The number of hydrogen-bond donors (Lipinski definition) is 1. The predicted octanol–water partition coefficient (Wildman–Crippen LogP) is 1.63. The topological polar surface area (TPSA) is 44.8 Å². The Hall–Kier alpha value is -1.73. The summed E-state index contributed by atoms with van der Waals surface area (Å²) in [6, 6.07) is 3.47. The summed E-state index contributed by atoms with van der Waals surface area (Å²) in [6.07, 6.45) is 1.52. The highest BCUT2D eigenvalue weighted by molar-refractivity contribution is 5.83. The number of ether oxygens (including phenoxy) is 1. The third-order valence-corrected chi connectivity index (χ3v) is 5.25. The number of piperidine rings is 1. The molecule has 1 aromatic rings. The van der Waals surface area contributed by atoms with Crippen LogP contribution in [0.5, 0.6) is 0 Å². The molecule has 2 fully saturated rings. The Balaban J connectivity index is 1.66. The Morgan fingerprint density at radius 3 is 2.52 bits per heavy atom. The largest absolute Gasteiger partial charge is 0.384 e. The van der Waals surface area contributed by atoms with Crippen molar-refractivity contribution in [3.63, 3.8) is 0 Å². The van der Waals surface area contributed by atoms with E-state index in [0.717, 1.165) is 38.1 Å². The zero-order chi connectivity index (χ0) is 17.9. The van der Waals surface area contributed by atoms with Gasteiger partial charge in [0.1, 0.15) is 11.6 Å². The van der Waals surface area contributed by atoms with E-state index in [-0.39, 0.29) is 11.6 Å². The first-order valence-electron chi connectivity index (χ1n) is 8.75. The molecule has 138 valence electrons. The van der Waals surface area contributed by atoms with Crippen LogP contribution < -0.4 is 10.2 Å². The number of benzene rings is 1. The van der Waals surface area contributed by atoms with E-state index in [2.05, 4.69) is 5.32 Å². The van der Waals surface area contributed by atoms with Crippen molar-refractivity contribution in [1.82, 2.24) is 10.2 Å². The van der Waals surface area contributed by atoms with E-state index < -0.39 is 17.0 Å². The Bertz CT molecular complexity index is 607.